The van der Waals surface area contributed by atoms with Gasteiger partial charge in [0.05, 0.1) is 39.9 Å². The Bertz CT molecular complexity index is 2220. The van der Waals surface area contributed by atoms with E-state index in [0.29, 0.717) is 17.1 Å². The molecule has 61 heavy (non-hydrogen) atoms. The van der Waals surface area contributed by atoms with Crippen LogP contribution in [0.2, 0.25) is 0 Å². The van der Waals surface area contributed by atoms with Gasteiger partial charge < -0.3 is 33.3 Å². The van der Waals surface area contributed by atoms with E-state index in [1.807, 2.05) is 111 Å². The molecule has 13 nitrogen and oxygen atoms in total. The Morgan fingerprint density at radius 3 is 1.97 bits per heavy atom. The van der Waals surface area contributed by atoms with Crippen molar-refractivity contribution in [1.29, 1.82) is 5.26 Å². The maximum atomic E-state index is 17.5. The van der Waals surface area contributed by atoms with E-state index in [9.17, 15) is 14.9 Å². The molecule has 0 spiro atoms. The molecule has 0 saturated carbocycles. The van der Waals surface area contributed by atoms with E-state index in [0.717, 1.165) is 21.3 Å². The van der Waals surface area contributed by atoms with E-state index in [1.165, 1.54) is 12.3 Å². The Labute approximate surface area is 356 Å². The number of ether oxygens (including phenoxy) is 4. The number of anilines is 1. The predicted molar refractivity (Wildman–Crippen MR) is 230 cm³/mol. The molecule has 0 radical (unpaired) electrons. The van der Waals surface area contributed by atoms with Crippen LogP contribution in [0.1, 0.15) is 67.4 Å². The topological polar surface area (TPSA) is 146 Å². The van der Waals surface area contributed by atoms with Gasteiger partial charge in [-0.25, -0.2) is 13.9 Å². The number of hydrogen-bond donors (Lipinski definition) is 1. The zero-order chi connectivity index (χ0) is 43.5. The molecule has 5 atom stereocenters. The third-order valence-corrected chi connectivity index (χ3v) is 12.3. The second-order valence-electron chi connectivity index (χ2n) is 14.8. The number of carbonyl (C=O) groups excluding carboxylic acids is 1. The van der Waals surface area contributed by atoms with E-state index >= 15 is 4.39 Å². The first kappa shape index (κ1) is 45.0. The van der Waals surface area contributed by atoms with Gasteiger partial charge >= 0.3 is 5.69 Å². The zero-order valence-corrected chi connectivity index (χ0v) is 35.9. The Morgan fingerprint density at radius 2 is 1.44 bits per heavy atom. The first-order valence-corrected chi connectivity index (χ1v) is 21.1. The molecule has 2 heterocycles. The van der Waals surface area contributed by atoms with Crippen LogP contribution in [-0.2, 0) is 24.1 Å². The molecule has 15 heteroatoms. The average Bonchev–Trinajstić information content (AvgIpc) is 3.58. The summed E-state index contributed by atoms with van der Waals surface area (Å²) >= 11 is 0. The molecule has 1 aliphatic rings. The highest BCUT2D eigenvalue weighted by Gasteiger charge is 2.51. The summed E-state index contributed by atoms with van der Waals surface area (Å²) in [5.41, 5.74) is 0.491. The van der Waals surface area contributed by atoms with Crippen molar-refractivity contribution in [3.8, 4) is 17.6 Å². The van der Waals surface area contributed by atoms with Gasteiger partial charge in [-0.1, -0.05) is 72.8 Å². The molecule has 1 N–H and O–H groups in total. The highest BCUT2D eigenvalue weighted by molar-refractivity contribution is 7.44. The molecular weight excluding hydrogens is 801 g/mol. The molecule has 1 unspecified atom stereocenters. The largest absolute Gasteiger partial charge is 0.497 e. The van der Waals surface area contributed by atoms with E-state index in [1.54, 1.807) is 44.6 Å². The Balaban J connectivity index is 1.40. The van der Waals surface area contributed by atoms with Gasteiger partial charge in [0.25, 0.3) is 14.4 Å². The molecule has 4 aromatic carbocycles. The number of carbonyl (C=O) groups is 1. The van der Waals surface area contributed by atoms with Gasteiger partial charge in [0.1, 0.15) is 35.1 Å². The van der Waals surface area contributed by atoms with E-state index < -0.39 is 50.3 Å². The summed E-state index contributed by atoms with van der Waals surface area (Å²) in [7, 11) is 1.19. The minimum atomic E-state index is -1.99. The van der Waals surface area contributed by atoms with Crippen LogP contribution in [-0.4, -0.2) is 78.0 Å². The lowest BCUT2D eigenvalue weighted by Crippen LogP contribution is -2.40. The van der Waals surface area contributed by atoms with Gasteiger partial charge in [0.2, 0.25) is 0 Å². The lowest BCUT2D eigenvalue weighted by molar-refractivity contribution is -0.0907. The van der Waals surface area contributed by atoms with Crippen molar-refractivity contribution in [1.82, 2.24) is 14.2 Å². The van der Waals surface area contributed by atoms with Crippen LogP contribution in [0.15, 0.2) is 126 Å². The first-order valence-electron chi connectivity index (χ1n) is 20.0. The van der Waals surface area contributed by atoms with Crippen LogP contribution in [0.5, 0.6) is 11.5 Å². The van der Waals surface area contributed by atoms with Crippen molar-refractivity contribution >= 4 is 20.3 Å². The minimum absolute atomic E-state index is 0.00163. The standard InChI is InChI=1S/C46H51FN5O8P/c1-31(2)52(32(3)4)61(58-29-13-27-48)60-42-41(47)39(59-44(42)51-28-26-40(50-45(51)54)49-43(53)33-14-9-7-10-15-33)30-57-46(34-16-11-8-12-17-34,35-18-22-37(55-5)23-19-35)36-20-24-38(56-6)25-21-36/h7-12,14-26,28,31-32,39,41-42,44H,13,29-30H2,1-6H3,(H,49,50,53,54)/t39-,41+,42-,44-,61?/m1/s1. The first-order chi connectivity index (χ1) is 29.5. The fourth-order valence-corrected chi connectivity index (χ4v) is 9.03. The number of alkyl halides is 1. The zero-order valence-electron chi connectivity index (χ0n) is 35.0. The summed E-state index contributed by atoms with van der Waals surface area (Å²) in [6.45, 7) is 7.62. The highest BCUT2D eigenvalue weighted by Crippen LogP contribution is 2.51. The highest BCUT2D eigenvalue weighted by atomic mass is 31.2. The third kappa shape index (κ3) is 10.3. The fraction of sp³-hybridized carbons (Fsp3) is 0.348. The number of amides is 1. The van der Waals surface area contributed by atoms with Crippen LogP contribution in [0, 0.1) is 11.3 Å². The van der Waals surface area contributed by atoms with Crippen molar-refractivity contribution in [2.75, 3.05) is 32.8 Å². The monoisotopic (exact) mass is 851 g/mol. The van der Waals surface area contributed by atoms with E-state index in [-0.39, 0.29) is 37.5 Å². The number of hydrogen-bond acceptors (Lipinski definition) is 11. The van der Waals surface area contributed by atoms with E-state index in [2.05, 4.69) is 16.4 Å². The van der Waals surface area contributed by atoms with Crippen molar-refractivity contribution in [2.45, 2.75) is 76.4 Å². The Kier molecular flexibility index (Phi) is 15.4. The molecule has 1 amide bonds. The molecule has 5 aromatic rings. The van der Waals surface area contributed by atoms with Gasteiger partial charge in [-0.05, 0) is 86.8 Å². The second kappa shape index (κ2) is 20.8. The molecule has 1 saturated heterocycles. The van der Waals surface area contributed by atoms with Crippen molar-refractivity contribution < 1.29 is 37.2 Å². The Morgan fingerprint density at radius 1 is 0.885 bits per heavy atom. The predicted octanol–water partition coefficient (Wildman–Crippen LogP) is 8.42. The maximum absolute atomic E-state index is 17.5. The van der Waals surface area contributed by atoms with Crippen LogP contribution in [0.25, 0.3) is 0 Å². The number of nitrogens with zero attached hydrogens (tertiary/aromatic N) is 4. The van der Waals surface area contributed by atoms with Crippen LogP contribution >= 0.6 is 8.53 Å². The molecule has 1 aromatic heterocycles. The van der Waals surface area contributed by atoms with Crippen molar-refractivity contribution in [3.63, 3.8) is 0 Å². The third-order valence-electron chi connectivity index (χ3n) is 10.2. The summed E-state index contributed by atoms with van der Waals surface area (Å²) in [6, 6.07) is 36.3. The van der Waals surface area contributed by atoms with Gasteiger partial charge in [-0.2, -0.15) is 10.2 Å². The molecule has 1 fully saturated rings. The molecule has 1 aliphatic heterocycles. The number of benzene rings is 4. The summed E-state index contributed by atoms with van der Waals surface area (Å²) in [4.78, 5) is 30.9. The van der Waals surface area contributed by atoms with Crippen molar-refractivity contribution in [2.24, 2.45) is 0 Å². The van der Waals surface area contributed by atoms with Gasteiger partial charge in [0.15, 0.2) is 12.4 Å². The fourth-order valence-electron chi connectivity index (χ4n) is 7.30. The van der Waals surface area contributed by atoms with Gasteiger partial charge in [0, 0.05) is 23.8 Å². The normalized spacial score (nSPS) is 18.2. The number of nitriles is 1. The smallest absolute Gasteiger partial charge is 0.351 e. The summed E-state index contributed by atoms with van der Waals surface area (Å²) in [6.07, 6.45) is -4.41. The maximum Gasteiger partial charge on any atom is 0.351 e. The Hall–Kier alpha value is -5.52. The summed E-state index contributed by atoms with van der Waals surface area (Å²) < 4.78 is 57.9. The van der Waals surface area contributed by atoms with Crippen molar-refractivity contribution in [3.05, 3.63) is 154 Å². The lowest BCUT2D eigenvalue weighted by Gasteiger charge is -2.38. The number of nitrogens with one attached hydrogen (secondary N) is 1. The second-order valence-corrected chi connectivity index (χ2v) is 16.2. The molecule has 0 aliphatic carbocycles. The minimum Gasteiger partial charge on any atom is -0.497 e. The lowest BCUT2D eigenvalue weighted by atomic mass is 9.80. The SMILES string of the molecule is COc1ccc(C(OC[C@H]2O[C@@H](n3ccc(NC(=O)c4ccccc4)nc3=O)[C@H](OP(OCCC#N)N(C(C)C)C(C)C)[C@H]2F)(c2ccccc2)c2ccc(OC)cc2)cc1. The molecular formula is C46H51FN5O8P. The number of rotatable bonds is 19. The number of aromatic nitrogens is 2. The molecule has 320 valence electrons. The van der Waals surface area contributed by atoms with Gasteiger partial charge in [-0.15, -0.1) is 0 Å². The summed E-state index contributed by atoms with van der Waals surface area (Å²) in [5, 5.41) is 12.0. The van der Waals surface area contributed by atoms with E-state index in [4.69, 9.17) is 28.0 Å². The summed E-state index contributed by atoms with van der Waals surface area (Å²) in [5.74, 6) is 0.826. The number of halogens is 1. The van der Waals surface area contributed by atoms with Crippen LogP contribution in [0.4, 0.5) is 10.2 Å². The van der Waals surface area contributed by atoms with Crippen LogP contribution in [0.3, 0.4) is 0 Å². The average molecular weight is 852 g/mol. The quantitative estimate of drug-likeness (QED) is 0.0485. The molecule has 0 bridgehead atoms. The van der Waals surface area contributed by atoms with Gasteiger partial charge in [-0.3, -0.25) is 9.36 Å². The molecule has 6 rings (SSSR count). The van der Waals surface area contributed by atoms with Crippen LogP contribution < -0.4 is 20.5 Å². The number of methoxy groups -OCH3 is 2.